The highest BCUT2D eigenvalue weighted by Crippen LogP contribution is 2.59. The fourth-order valence-corrected chi connectivity index (χ4v) is 4.98. The molecule has 132 valence electrons. The summed E-state index contributed by atoms with van der Waals surface area (Å²) in [6.45, 7) is 2.81. The smallest absolute Gasteiger partial charge is 0.276 e. The molecule has 2 fully saturated rings. The maximum absolute atomic E-state index is 13.1. The molecule has 0 bridgehead atoms. The van der Waals surface area contributed by atoms with Crippen LogP contribution in [0.25, 0.3) is 0 Å². The summed E-state index contributed by atoms with van der Waals surface area (Å²) in [7, 11) is 1.94. The Hall–Kier alpha value is -1.36. The van der Waals surface area contributed by atoms with E-state index in [-0.39, 0.29) is 17.4 Å². The van der Waals surface area contributed by atoms with Crippen molar-refractivity contribution >= 4 is 5.91 Å². The van der Waals surface area contributed by atoms with Crippen LogP contribution in [0, 0.1) is 5.41 Å². The lowest BCUT2D eigenvalue weighted by Gasteiger charge is -2.63. The molecule has 2 saturated carbocycles. The van der Waals surface area contributed by atoms with Crippen LogP contribution in [0.15, 0.2) is 4.52 Å². The molecule has 0 unspecified atom stereocenters. The molecule has 1 aromatic heterocycles. The molecular weight excluding hydrogens is 304 g/mol. The molecule has 3 aliphatic carbocycles. The second kappa shape index (κ2) is 6.17. The number of carbonyl (C=O) groups excluding carboxylic acids is 1. The molecule has 0 aromatic carbocycles. The van der Waals surface area contributed by atoms with Crippen molar-refractivity contribution in [2.75, 3.05) is 13.7 Å². The number of hydrogen-bond acceptors (Lipinski definition) is 4. The van der Waals surface area contributed by atoms with Gasteiger partial charge in [-0.1, -0.05) is 18.0 Å². The second-order valence-corrected chi connectivity index (χ2v) is 7.69. The van der Waals surface area contributed by atoms with E-state index in [2.05, 4.69) is 12.1 Å². The van der Waals surface area contributed by atoms with Crippen LogP contribution in [0.2, 0.25) is 0 Å². The number of fused-ring (bicyclic) bond motifs is 1. The number of hydrogen-bond donors (Lipinski definition) is 0. The molecule has 3 aliphatic rings. The van der Waals surface area contributed by atoms with Gasteiger partial charge in [0.05, 0.1) is 6.10 Å². The van der Waals surface area contributed by atoms with Crippen molar-refractivity contribution in [3.8, 4) is 0 Å². The summed E-state index contributed by atoms with van der Waals surface area (Å²) < 4.78 is 11.4. The fourth-order valence-electron chi connectivity index (χ4n) is 4.98. The van der Waals surface area contributed by atoms with Crippen molar-refractivity contribution in [1.82, 2.24) is 10.1 Å². The predicted octanol–water partition coefficient (Wildman–Crippen LogP) is 3.36. The Balaban J connectivity index is 1.52. The molecule has 4 rings (SSSR count). The van der Waals surface area contributed by atoms with Crippen molar-refractivity contribution in [2.24, 2.45) is 5.41 Å². The molecule has 1 aromatic rings. The largest absolute Gasteiger partial charge is 0.378 e. The Morgan fingerprint density at radius 3 is 2.79 bits per heavy atom. The highest BCUT2D eigenvalue weighted by atomic mass is 16.5. The zero-order valence-corrected chi connectivity index (χ0v) is 14.8. The van der Waals surface area contributed by atoms with Gasteiger partial charge in [0.25, 0.3) is 5.91 Å². The molecular formula is C19H28N2O3. The summed E-state index contributed by atoms with van der Waals surface area (Å²) >= 11 is 0. The number of aromatic nitrogens is 1. The summed E-state index contributed by atoms with van der Waals surface area (Å²) in [6.07, 6.45) is 10.2. The summed E-state index contributed by atoms with van der Waals surface area (Å²) in [4.78, 5) is 15.0. The molecule has 1 heterocycles. The van der Waals surface area contributed by atoms with E-state index in [1.165, 1.54) is 25.7 Å². The molecule has 0 radical (unpaired) electrons. The maximum Gasteiger partial charge on any atom is 0.276 e. The van der Waals surface area contributed by atoms with E-state index in [1.54, 1.807) is 0 Å². The van der Waals surface area contributed by atoms with Gasteiger partial charge >= 0.3 is 0 Å². The summed E-state index contributed by atoms with van der Waals surface area (Å²) in [5.41, 5.74) is 1.82. The SMILES string of the molecule is CCO[C@@H]1C[C@@H](N(C)C(=O)c2noc3c2CCCCC3)C12CCC2. The molecule has 2 atom stereocenters. The van der Waals surface area contributed by atoms with Crippen LogP contribution in [0.3, 0.4) is 0 Å². The van der Waals surface area contributed by atoms with Gasteiger partial charge in [-0.15, -0.1) is 0 Å². The van der Waals surface area contributed by atoms with E-state index in [9.17, 15) is 4.79 Å². The Bertz CT molecular complexity index is 620. The van der Waals surface area contributed by atoms with Gasteiger partial charge in [0.15, 0.2) is 5.69 Å². The Kier molecular flexibility index (Phi) is 4.15. The Morgan fingerprint density at radius 1 is 1.29 bits per heavy atom. The third-order valence-electron chi connectivity index (χ3n) is 6.59. The van der Waals surface area contributed by atoms with Gasteiger partial charge in [-0.3, -0.25) is 4.79 Å². The number of amides is 1. The minimum Gasteiger partial charge on any atom is -0.378 e. The van der Waals surface area contributed by atoms with Crippen LogP contribution in [0.4, 0.5) is 0 Å². The normalized spacial score (nSPS) is 27.8. The van der Waals surface area contributed by atoms with Gasteiger partial charge in [0.1, 0.15) is 5.76 Å². The van der Waals surface area contributed by atoms with Crippen molar-refractivity contribution in [2.45, 2.75) is 76.9 Å². The molecule has 1 amide bonds. The maximum atomic E-state index is 13.1. The topological polar surface area (TPSA) is 55.6 Å². The van der Waals surface area contributed by atoms with Crippen LogP contribution >= 0.6 is 0 Å². The molecule has 0 saturated heterocycles. The molecule has 0 aliphatic heterocycles. The molecule has 0 N–H and O–H groups in total. The van der Waals surface area contributed by atoms with Gasteiger partial charge in [-0.05, 0) is 45.4 Å². The van der Waals surface area contributed by atoms with E-state index in [4.69, 9.17) is 9.26 Å². The average Bonchev–Trinajstić information content (AvgIpc) is 2.76. The first-order valence-corrected chi connectivity index (χ1v) is 9.53. The zero-order chi connectivity index (χ0) is 16.7. The van der Waals surface area contributed by atoms with Crippen LogP contribution < -0.4 is 0 Å². The fraction of sp³-hybridized carbons (Fsp3) is 0.789. The molecule has 1 spiro atoms. The van der Waals surface area contributed by atoms with E-state index >= 15 is 0 Å². The lowest BCUT2D eigenvalue weighted by Crippen LogP contribution is -2.67. The number of carbonyl (C=O) groups is 1. The Labute approximate surface area is 143 Å². The zero-order valence-electron chi connectivity index (χ0n) is 14.8. The van der Waals surface area contributed by atoms with Crippen LogP contribution in [0.5, 0.6) is 0 Å². The number of nitrogens with zero attached hydrogens (tertiary/aromatic N) is 2. The quantitative estimate of drug-likeness (QED) is 0.793. The van der Waals surface area contributed by atoms with Crippen molar-refractivity contribution in [3.05, 3.63) is 17.0 Å². The van der Waals surface area contributed by atoms with Crippen molar-refractivity contribution in [1.29, 1.82) is 0 Å². The minimum atomic E-state index is 0.0353. The highest BCUT2D eigenvalue weighted by Gasteiger charge is 2.61. The molecule has 5 heteroatoms. The first-order chi connectivity index (χ1) is 11.7. The number of aryl methyl sites for hydroxylation is 1. The highest BCUT2D eigenvalue weighted by molar-refractivity contribution is 5.94. The summed E-state index contributed by atoms with van der Waals surface area (Å²) in [5, 5.41) is 4.15. The lowest BCUT2D eigenvalue weighted by atomic mass is 9.50. The monoisotopic (exact) mass is 332 g/mol. The van der Waals surface area contributed by atoms with E-state index in [0.29, 0.717) is 11.8 Å². The van der Waals surface area contributed by atoms with Gasteiger partial charge < -0.3 is 14.2 Å². The second-order valence-electron chi connectivity index (χ2n) is 7.69. The van der Waals surface area contributed by atoms with Crippen LogP contribution in [-0.4, -0.2) is 41.8 Å². The third kappa shape index (κ3) is 2.32. The van der Waals surface area contributed by atoms with E-state index in [0.717, 1.165) is 50.0 Å². The van der Waals surface area contributed by atoms with E-state index < -0.39 is 0 Å². The summed E-state index contributed by atoms with van der Waals surface area (Å²) in [5.74, 6) is 0.969. The van der Waals surface area contributed by atoms with Crippen LogP contribution in [0.1, 0.15) is 73.7 Å². The van der Waals surface area contributed by atoms with Gasteiger partial charge in [0.2, 0.25) is 0 Å². The number of rotatable bonds is 4. The van der Waals surface area contributed by atoms with Crippen LogP contribution in [-0.2, 0) is 17.6 Å². The van der Waals surface area contributed by atoms with Gasteiger partial charge in [-0.2, -0.15) is 0 Å². The molecule has 5 nitrogen and oxygen atoms in total. The predicted molar refractivity (Wildman–Crippen MR) is 90.0 cm³/mol. The lowest BCUT2D eigenvalue weighted by molar-refractivity contribution is -0.192. The average molecular weight is 332 g/mol. The van der Waals surface area contributed by atoms with E-state index in [1.807, 2.05) is 11.9 Å². The van der Waals surface area contributed by atoms with Crippen molar-refractivity contribution < 1.29 is 14.1 Å². The van der Waals surface area contributed by atoms with Crippen molar-refractivity contribution in [3.63, 3.8) is 0 Å². The molecule has 24 heavy (non-hydrogen) atoms. The Morgan fingerprint density at radius 2 is 2.08 bits per heavy atom. The first kappa shape index (κ1) is 16.1. The standard InChI is InChI=1S/C19H28N2O3/c1-3-23-16-12-15(19(16)10-7-11-19)21(2)18(22)17-13-8-5-4-6-9-14(13)24-20-17/h15-16H,3-12H2,1-2H3/t15-,16-/m1/s1. The first-order valence-electron chi connectivity index (χ1n) is 9.53. The minimum absolute atomic E-state index is 0.0353. The van der Waals surface area contributed by atoms with Gasteiger partial charge in [0, 0.05) is 37.1 Å². The van der Waals surface area contributed by atoms with Gasteiger partial charge in [-0.25, -0.2) is 0 Å². The third-order valence-corrected chi connectivity index (χ3v) is 6.59. The summed E-state index contributed by atoms with van der Waals surface area (Å²) in [6, 6.07) is 0.286. The number of ether oxygens (including phenoxy) is 1.